The van der Waals surface area contributed by atoms with Gasteiger partial charge in [0.15, 0.2) is 0 Å². The first-order valence-electron chi connectivity index (χ1n) is 6.22. The molecule has 0 amide bonds. The van der Waals surface area contributed by atoms with Crippen LogP contribution in [0.2, 0.25) is 0 Å². The Balaban J connectivity index is 2.13. The Kier molecular flexibility index (Phi) is 6.22. The van der Waals surface area contributed by atoms with Crippen LogP contribution < -0.4 is 5.73 Å². The lowest BCUT2D eigenvalue weighted by molar-refractivity contribution is -0.00322. The molecule has 0 aromatic carbocycles. The van der Waals surface area contributed by atoms with Gasteiger partial charge in [-0.05, 0) is 45.2 Å². The van der Waals surface area contributed by atoms with Gasteiger partial charge in [0, 0.05) is 19.7 Å². The third-order valence-electron chi connectivity index (χ3n) is 3.07. The highest BCUT2D eigenvalue weighted by Crippen LogP contribution is 2.14. The van der Waals surface area contributed by atoms with Gasteiger partial charge in [-0.15, -0.1) is 0 Å². The average molecular weight is 214 g/mol. The molecule has 3 nitrogen and oxygen atoms in total. The van der Waals surface area contributed by atoms with E-state index in [0.717, 1.165) is 32.7 Å². The minimum atomic E-state index is 0.467. The number of nitrogens with zero attached hydrogens (tertiary/aromatic N) is 1. The fraction of sp³-hybridized carbons (Fsp3) is 1.00. The third kappa shape index (κ3) is 5.50. The SMILES string of the molecule is CC(CCN)CN(C)CC1CCCCO1. The van der Waals surface area contributed by atoms with Crippen LogP contribution in [0.25, 0.3) is 0 Å². The molecule has 3 heteroatoms. The minimum Gasteiger partial charge on any atom is -0.377 e. The second kappa shape index (κ2) is 7.20. The van der Waals surface area contributed by atoms with Gasteiger partial charge in [-0.1, -0.05) is 6.92 Å². The van der Waals surface area contributed by atoms with Crippen LogP contribution in [0.1, 0.15) is 32.6 Å². The molecule has 0 aromatic heterocycles. The normalized spacial score (nSPS) is 24.4. The summed E-state index contributed by atoms with van der Waals surface area (Å²) in [6.07, 6.45) is 5.39. The molecule has 1 saturated heterocycles. The molecule has 0 radical (unpaired) electrons. The number of nitrogens with two attached hydrogens (primary N) is 1. The molecule has 90 valence electrons. The fourth-order valence-corrected chi connectivity index (χ4v) is 2.28. The van der Waals surface area contributed by atoms with E-state index in [-0.39, 0.29) is 0 Å². The molecular formula is C12H26N2O. The van der Waals surface area contributed by atoms with Crippen molar-refractivity contribution < 1.29 is 4.74 Å². The molecule has 0 bridgehead atoms. The summed E-state index contributed by atoms with van der Waals surface area (Å²) < 4.78 is 5.72. The van der Waals surface area contributed by atoms with E-state index < -0.39 is 0 Å². The van der Waals surface area contributed by atoms with Gasteiger partial charge in [-0.25, -0.2) is 0 Å². The van der Waals surface area contributed by atoms with Gasteiger partial charge >= 0.3 is 0 Å². The second-order valence-corrected chi connectivity index (χ2v) is 4.89. The maximum absolute atomic E-state index is 5.72. The van der Waals surface area contributed by atoms with Gasteiger partial charge in [0.2, 0.25) is 0 Å². The molecule has 0 aromatic rings. The van der Waals surface area contributed by atoms with E-state index in [1.807, 2.05) is 0 Å². The van der Waals surface area contributed by atoms with Crippen molar-refractivity contribution in [3.05, 3.63) is 0 Å². The van der Waals surface area contributed by atoms with Crippen LogP contribution in [-0.4, -0.2) is 44.3 Å². The van der Waals surface area contributed by atoms with E-state index in [1.165, 1.54) is 19.3 Å². The van der Waals surface area contributed by atoms with Gasteiger partial charge < -0.3 is 15.4 Å². The molecule has 15 heavy (non-hydrogen) atoms. The van der Waals surface area contributed by atoms with Crippen molar-refractivity contribution >= 4 is 0 Å². The largest absolute Gasteiger partial charge is 0.377 e. The molecule has 1 aliphatic rings. The van der Waals surface area contributed by atoms with Crippen LogP contribution in [0.4, 0.5) is 0 Å². The van der Waals surface area contributed by atoms with Gasteiger partial charge in [-0.3, -0.25) is 0 Å². The summed E-state index contributed by atoms with van der Waals surface area (Å²) in [5.41, 5.74) is 5.55. The van der Waals surface area contributed by atoms with E-state index in [0.29, 0.717) is 12.0 Å². The molecule has 1 fully saturated rings. The Bertz CT molecular complexity index is 158. The number of rotatable bonds is 6. The summed E-state index contributed by atoms with van der Waals surface area (Å²) in [6, 6.07) is 0. The summed E-state index contributed by atoms with van der Waals surface area (Å²) >= 11 is 0. The smallest absolute Gasteiger partial charge is 0.0701 e. The van der Waals surface area contributed by atoms with Crippen LogP contribution in [0, 0.1) is 5.92 Å². The summed E-state index contributed by atoms with van der Waals surface area (Å²) in [5.74, 6) is 0.698. The van der Waals surface area contributed by atoms with Crippen LogP contribution in [0.15, 0.2) is 0 Å². The van der Waals surface area contributed by atoms with Crippen LogP contribution in [0.3, 0.4) is 0 Å². The molecule has 0 spiro atoms. The Labute approximate surface area is 94.0 Å². The van der Waals surface area contributed by atoms with Crippen LogP contribution in [0.5, 0.6) is 0 Å². The predicted molar refractivity (Wildman–Crippen MR) is 63.9 cm³/mol. The number of ether oxygens (including phenoxy) is 1. The van der Waals surface area contributed by atoms with Crippen molar-refractivity contribution in [2.24, 2.45) is 11.7 Å². The van der Waals surface area contributed by atoms with Crippen molar-refractivity contribution in [1.29, 1.82) is 0 Å². The van der Waals surface area contributed by atoms with Crippen molar-refractivity contribution in [2.75, 3.05) is 33.3 Å². The van der Waals surface area contributed by atoms with Gasteiger partial charge in [0.05, 0.1) is 6.10 Å². The van der Waals surface area contributed by atoms with Crippen molar-refractivity contribution in [1.82, 2.24) is 4.90 Å². The van der Waals surface area contributed by atoms with Crippen molar-refractivity contribution in [3.63, 3.8) is 0 Å². The minimum absolute atomic E-state index is 0.467. The lowest BCUT2D eigenvalue weighted by atomic mass is 10.1. The molecule has 1 heterocycles. The van der Waals surface area contributed by atoms with Crippen molar-refractivity contribution in [2.45, 2.75) is 38.7 Å². The highest BCUT2D eigenvalue weighted by atomic mass is 16.5. The zero-order valence-electron chi connectivity index (χ0n) is 10.2. The number of likely N-dealkylation sites (N-methyl/N-ethyl adjacent to an activating group) is 1. The number of hydrogen-bond donors (Lipinski definition) is 1. The van der Waals surface area contributed by atoms with E-state index in [1.54, 1.807) is 0 Å². The van der Waals surface area contributed by atoms with Gasteiger partial charge in [-0.2, -0.15) is 0 Å². The summed E-state index contributed by atoms with van der Waals surface area (Å²) in [7, 11) is 2.19. The average Bonchev–Trinajstić information content (AvgIpc) is 2.19. The Morgan fingerprint density at radius 3 is 2.87 bits per heavy atom. The first-order chi connectivity index (χ1) is 7.22. The highest BCUT2D eigenvalue weighted by Gasteiger charge is 2.16. The quantitative estimate of drug-likeness (QED) is 0.728. The zero-order chi connectivity index (χ0) is 11.1. The lowest BCUT2D eigenvalue weighted by Gasteiger charge is -2.28. The van der Waals surface area contributed by atoms with Gasteiger partial charge in [0.25, 0.3) is 0 Å². The predicted octanol–water partition coefficient (Wildman–Crippen LogP) is 1.47. The molecule has 0 aliphatic carbocycles. The highest BCUT2D eigenvalue weighted by molar-refractivity contribution is 4.69. The Morgan fingerprint density at radius 1 is 1.47 bits per heavy atom. The molecule has 0 saturated carbocycles. The molecule has 2 atom stereocenters. The molecule has 2 N–H and O–H groups in total. The lowest BCUT2D eigenvalue weighted by Crippen LogP contribution is -2.35. The maximum atomic E-state index is 5.72. The molecule has 2 unspecified atom stereocenters. The topological polar surface area (TPSA) is 38.5 Å². The molecule has 1 rings (SSSR count). The number of hydrogen-bond acceptors (Lipinski definition) is 3. The summed E-state index contributed by atoms with van der Waals surface area (Å²) in [4.78, 5) is 2.39. The Morgan fingerprint density at radius 2 is 2.27 bits per heavy atom. The monoisotopic (exact) mass is 214 g/mol. The first kappa shape index (κ1) is 12.9. The second-order valence-electron chi connectivity index (χ2n) is 4.89. The Hall–Kier alpha value is -0.120. The van der Waals surface area contributed by atoms with Gasteiger partial charge in [0.1, 0.15) is 0 Å². The van der Waals surface area contributed by atoms with E-state index in [2.05, 4.69) is 18.9 Å². The van der Waals surface area contributed by atoms with E-state index >= 15 is 0 Å². The van der Waals surface area contributed by atoms with Crippen molar-refractivity contribution in [3.8, 4) is 0 Å². The fourth-order valence-electron chi connectivity index (χ4n) is 2.28. The standard InChI is InChI=1S/C12H26N2O/c1-11(6-7-13)9-14(2)10-12-5-3-4-8-15-12/h11-12H,3-10,13H2,1-2H3. The van der Waals surface area contributed by atoms with Crippen LogP contribution in [-0.2, 0) is 4.74 Å². The molecular weight excluding hydrogens is 188 g/mol. The summed E-state index contributed by atoms with van der Waals surface area (Å²) in [5, 5.41) is 0. The summed E-state index contributed by atoms with van der Waals surface area (Å²) in [6.45, 7) is 6.24. The first-order valence-corrected chi connectivity index (χ1v) is 6.22. The zero-order valence-corrected chi connectivity index (χ0v) is 10.2. The molecule has 1 aliphatic heterocycles. The third-order valence-corrected chi connectivity index (χ3v) is 3.07. The van der Waals surface area contributed by atoms with E-state index in [4.69, 9.17) is 10.5 Å². The van der Waals surface area contributed by atoms with Crippen LogP contribution >= 0.6 is 0 Å². The maximum Gasteiger partial charge on any atom is 0.0701 e. The van der Waals surface area contributed by atoms with E-state index in [9.17, 15) is 0 Å².